The van der Waals surface area contributed by atoms with Gasteiger partial charge in [-0.2, -0.15) is 0 Å². The number of sulfonamides is 1. The maximum absolute atomic E-state index is 12.0. The van der Waals surface area contributed by atoms with Crippen molar-refractivity contribution in [1.82, 2.24) is 4.72 Å². The van der Waals surface area contributed by atoms with Crippen LogP contribution in [0.3, 0.4) is 0 Å². The van der Waals surface area contributed by atoms with Crippen molar-refractivity contribution in [3.05, 3.63) is 0 Å². The Hall–Kier alpha value is -0.170. The second-order valence-corrected chi connectivity index (χ2v) is 10.0. The molecule has 0 aromatic rings. The molecule has 0 saturated carbocycles. The molecule has 0 aromatic carbocycles. The molecule has 1 N–H and O–H groups in total. The van der Waals surface area contributed by atoms with Crippen LogP contribution < -0.4 is 4.72 Å². The summed E-state index contributed by atoms with van der Waals surface area (Å²) in [5.41, 5.74) is 0. The molecule has 6 heteroatoms. The van der Waals surface area contributed by atoms with E-state index in [0.29, 0.717) is 26.2 Å². The monoisotopic (exact) mass is 419 g/mol. The summed E-state index contributed by atoms with van der Waals surface area (Å²) in [4.78, 5) is 0. The zero-order chi connectivity index (χ0) is 20.3. The fourth-order valence-electron chi connectivity index (χ4n) is 3.57. The van der Waals surface area contributed by atoms with Gasteiger partial charge in [-0.15, -0.1) is 0 Å². The Morgan fingerprint density at radius 3 is 1.71 bits per heavy atom. The maximum atomic E-state index is 12.0. The van der Waals surface area contributed by atoms with Crippen LogP contribution in [0.5, 0.6) is 0 Å². The summed E-state index contributed by atoms with van der Waals surface area (Å²) in [6, 6.07) is 0. The van der Waals surface area contributed by atoms with Crippen LogP contribution in [0.2, 0.25) is 0 Å². The SMILES string of the molecule is CCCCCCCCCCCCCCCCNS(=O)(=O)CCC1OCCCO1. The molecule has 1 aliphatic heterocycles. The van der Waals surface area contributed by atoms with Crippen LogP contribution in [0.15, 0.2) is 0 Å². The highest BCUT2D eigenvalue weighted by atomic mass is 32.2. The van der Waals surface area contributed by atoms with Crippen molar-refractivity contribution in [2.75, 3.05) is 25.5 Å². The summed E-state index contributed by atoms with van der Waals surface area (Å²) in [7, 11) is -3.21. The second kappa shape index (κ2) is 17.7. The van der Waals surface area contributed by atoms with E-state index < -0.39 is 10.0 Å². The number of hydrogen-bond donors (Lipinski definition) is 1. The molecule has 0 spiro atoms. The molecule has 0 radical (unpaired) electrons. The van der Waals surface area contributed by atoms with Crippen LogP contribution in [-0.2, 0) is 19.5 Å². The standard InChI is InChI=1S/C22H45NO4S/c1-2-3-4-5-6-7-8-9-10-11-12-13-14-15-18-23-28(24,25)21-17-22-26-19-16-20-27-22/h22-23H,2-21H2,1H3. The zero-order valence-corrected chi connectivity index (χ0v) is 19.1. The van der Waals surface area contributed by atoms with Gasteiger partial charge in [-0.25, -0.2) is 13.1 Å². The second-order valence-electron chi connectivity index (χ2n) is 8.12. The number of ether oxygens (including phenoxy) is 2. The Balaban J connectivity index is 1.81. The fraction of sp³-hybridized carbons (Fsp3) is 1.00. The van der Waals surface area contributed by atoms with E-state index in [4.69, 9.17) is 9.47 Å². The highest BCUT2D eigenvalue weighted by Gasteiger charge is 2.18. The lowest BCUT2D eigenvalue weighted by Crippen LogP contribution is -2.32. The molecule has 0 atom stereocenters. The summed E-state index contributed by atoms with van der Waals surface area (Å²) >= 11 is 0. The summed E-state index contributed by atoms with van der Waals surface area (Å²) in [6.45, 7) is 4.14. The van der Waals surface area contributed by atoms with Gasteiger partial charge in [0.2, 0.25) is 10.0 Å². The first-order valence-electron chi connectivity index (χ1n) is 11.8. The Morgan fingerprint density at radius 2 is 1.21 bits per heavy atom. The van der Waals surface area contributed by atoms with Crippen molar-refractivity contribution in [2.24, 2.45) is 0 Å². The summed E-state index contributed by atoms with van der Waals surface area (Å²) in [5.74, 6) is 0.0796. The van der Waals surface area contributed by atoms with Gasteiger partial charge < -0.3 is 9.47 Å². The lowest BCUT2D eigenvalue weighted by atomic mass is 10.0. The van der Waals surface area contributed by atoms with Crippen molar-refractivity contribution < 1.29 is 17.9 Å². The van der Waals surface area contributed by atoms with Gasteiger partial charge in [0, 0.05) is 13.0 Å². The molecule has 0 bridgehead atoms. The molecule has 0 aromatic heterocycles. The van der Waals surface area contributed by atoms with Crippen LogP contribution >= 0.6 is 0 Å². The van der Waals surface area contributed by atoms with Crippen LogP contribution in [0.4, 0.5) is 0 Å². The largest absolute Gasteiger partial charge is 0.353 e. The maximum Gasteiger partial charge on any atom is 0.211 e. The summed E-state index contributed by atoms with van der Waals surface area (Å²) in [6.07, 6.45) is 19.3. The van der Waals surface area contributed by atoms with Gasteiger partial charge in [0.1, 0.15) is 0 Å². The molecule has 0 unspecified atom stereocenters. The van der Waals surface area contributed by atoms with E-state index >= 15 is 0 Å². The van der Waals surface area contributed by atoms with E-state index in [2.05, 4.69) is 11.6 Å². The smallest absolute Gasteiger partial charge is 0.211 e. The van der Waals surface area contributed by atoms with Crippen LogP contribution in [0.1, 0.15) is 110 Å². The molecular formula is C22H45NO4S. The van der Waals surface area contributed by atoms with Gasteiger partial charge in [0.15, 0.2) is 6.29 Å². The highest BCUT2D eigenvalue weighted by molar-refractivity contribution is 7.89. The molecule has 1 rings (SSSR count). The Kier molecular flexibility index (Phi) is 16.3. The van der Waals surface area contributed by atoms with E-state index in [1.807, 2.05) is 0 Å². The van der Waals surface area contributed by atoms with Crippen LogP contribution in [-0.4, -0.2) is 40.2 Å². The average molecular weight is 420 g/mol. The molecule has 1 saturated heterocycles. The van der Waals surface area contributed by atoms with Gasteiger partial charge in [-0.3, -0.25) is 0 Å². The van der Waals surface area contributed by atoms with Crippen molar-refractivity contribution >= 4 is 10.0 Å². The predicted molar refractivity (Wildman–Crippen MR) is 117 cm³/mol. The van der Waals surface area contributed by atoms with Crippen LogP contribution in [0, 0.1) is 0 Å². The topological polar surface area (TPSA) is 64.6 Å². The van der Waals surface area contributed by atoms with Crippen molar-refractivity contribution in [3.8, 4) is 0 Å². The van der Waals surface area contributed by atoms with Crippen molar-refractivity contribution in [3.63, 3.8) is 0 Å². The molecule has 1 aliphatic rings. The molecule has 0 amide bonds. The first kappa shape index (κ1) is 25.9. The Bertz CT molecular complexity index is 436. The van der Waals surface area contributed by atoms with E-state index in [1.165, 1.54) is 77.0 Å². The van der Waals surface area contributed by atoms with Gasteiger partial charge >= 0.3 is 0 Å². The van der Waals surface area contributed by atoms with E-state index in [1.54, 1.807) is 0 Å². The number of rotatable bonds is 19. The minimum Gasteiger partial charge on any atom is -0.353 e. The predicted octanol–water partition coefficient (Wildman–Crippen LogP) is 5.54. The third-order valence-corrected chi connectivity index (χ3v) is 6.79. The lowest BCUT2D eigenvalue weighted by Gasteiger charge is -2.22. The van der Waals surface area contributed by atoms with Crippen molar-refractivity contribution in [1.29, 1.82) is 0 Å². The van der Waals surface area contributed by atoms with Crippen molar-refractivity contribution in [2.45, 2.75) is 116 Å². The molecule has 1 heterocycles. The van der Waals surface area contributed by atoms with Gasteiger partial charge in [0.05, 0.1) is 19.0 Å². The lowest BCUT2D eigenvalue weighted by molar-refractivity contribution is -0.178. The van der Waals surface area contributed by atoms with Crippen LogP contribution in [0.25, 0.3) is 0 Å². The fourth-order valence-corrected chi connectivity index (χ4v) is 4.68. The minimum absolute atomic E-state index is 0.0796. The number of hydrogen-bond acceptors (Lipinski definition) is 4. The first-order valence-corrected chi connectivity index (χ1v) is 13.5. The first-order chi connectivity index (χ1) is 13.6. The van der Waals surface area contributed by atoms with Gasteiger partial charge in [0.25, 0.3) is 0 Å². The minimum atomic E-state index is -3.21. The number of unbranched alkanes of at least 4 members (excludes halogenated alkanes) is 13. The number of nitrogens with one attached hydrogen (secondary N) is 1. The third kappa shape index (κ3) is 15.7. The average Bonchev–Trinajstić information content (AvgIpc) is 2.70. The van der Waals surface area contributed by atoms with E-state index in [9.17, 15) is 8.42 Å². The summed E-state index contributed by atoms with van der Waals surface area (Å²) < 4.78 is 37.5. The molecule has 28 heavy (non-hydrogen) atoms. The highest BCUT2D eigenvalue weighted by Crippen LogP contribution is 2.13. The zero-order valence-electron chi connectivity index (χ0n) is 18.3. The normalized spacial score (nSPS) is 15.9. The molecule has 1 fully saturated rings. The Labute approximate surface area is 174 Å². The molecule has 5 nitrogen and oxygen atoms in total. The Morgan fingerprint density at radius 1 is 0.750 bits per heavy atom. The van der Waals surface area contributed by atoms with E-state index in [0.717, 1.165) is 19.3 Å². The summed E-state index contributed by atoms with van der Waals surface area (Å²) in [5, 5.41) is 0. The quantitative estimate of drug-likeness (QED) is 0.279. The molecule has 0 aliphatic carbocycles. The third-order valence-electron chi connectivity index (χ3n) is 5.37. The van der Waals surface area contributed by atoms with Gasteiger partial charge in [-0.05, 0) is 12.8 Å². The van der Waals surface area contributed by atoms with Gasteiger partial charge in [-0.1, -0.05) is 90.4 Å². The van der Waals surface area contributed by atoms with E-state index in [-0.39, 0.29) is 12.0 Å². The molecule has 168 valence electrons. The molecular weight excluding hydrogens is 374 g/mol.